The molecule has 5 nitrogen and oxygen atoms in total. The normalized spacial score (nSPS) is 12.1. The number of halogens is 1. The molecule has 2 aromatic rings. The van der Waals surface area contributed by atoms with E-state index in [1.54, 1.807) is 0 Å². The minimum absolute atomic E-state index is 0.154. The maximum Gasteiger partial charge on any atom is 0.407 e. The van der Waals surface area contributed by atoms with Crippen LogP contribution in [0.5, 0.6) is 0 Å². The molecule has 1 atom stereocenters. The van der Waals surface area contributed by atoms with Gasteiger partial charge in [0.15, 0.2) is 0 Å². The molecule has 29 heavy (non-hydrogen) atoms. The second kappa shape index (κ2) is 11.2. The first-order chi connectivity index (χ1) is 13.7. The monoisotopic (exact) mass is 477 g/mol. The molecule has 0 saturated heterocycles. The molecule has 0 spiro atoms. The number of hydrogen-bond donors (Lipinski definition) is 1. The minimum atomic E-state index is -1.31. The Morgan fingerprint density at radius 1 is 1.00 bits per heavy atom. The van der Waals surface area contributed by atoms with Crippen molar-refractivity contribution in [3.05, 3.63) is 70.2 Å². The molecule has 0 aliphatic rings. The van der Waals surface area contributed by atoms with E-state index in [4.69, 9.17) is 9.47 Å². The van der Waals surface area contributed by atoms with Crippen LogP contribution in [0.25, 0.3) is 0 Å². The van der Waals surface area contributed by atoms with Crippen LogP contribution in [-0.4, -0.2) is 32.8 Å². The summed E-state index contributed by atoms with van der Waals surface area (Å²) < 4.78 is 11.6. The van der Waals surface area contributed by atoms with Crippen LogP contribution in [0.15, 0.2) is 59.1 Å². The first-order valence-electron chi connectivity index (χ1n) is 9.61. The molecule has 0 fully saturated rings. The zero-order valence-electron chi connectivity index (χ0n) is 17.1. The van der Waals surface area contributed by atoms with Gasteiger partial charge in [0, 0.05) is 19.0 Å². The van der Waals surface area contributed by atoms with Gasteiger partial charge in [-0.3, -0.25) is 0 Å². The van der Waals surface area contributed by atoms with Crippen molar-refractivity contribution in [2.24, 2.45) is 0 Å². The van der Waals surface area contributed by atoms with E-state index in [9.17, 15) is 9.59 Å². The number of rotatable bonds is 9. The third kappa shape index (κ3) is 9.28. The van der Waals surface area contributed by atoms with Gasteiger partial charge < -0.3 is 14.8 Å². The molecule has 0 aromatic heterocycles. The van der Waals surface area contributed by atoms with E-state index in [1.165, 1.54) is 0 Å². The maximum atomic E-state index is 12.7. The quantitative estimate of drug-likeness (QED) is 0.399. The second-order valence-corrected chi connectivity index (χ2v) is 14.6. The van der Waals surface area contributed by atoms with Crippen LogP contribution < -0.4 is 5.32 Å². The van der Waals surface area contributed by atoms with Crippen LogP contribution in [0.3, 0.4) is 0 Å². The first-order valence-corrected chi connectivity index (χ1v) is 14.1. The van der Waals surface area contributed by atoms with Crippen LogP contribution in [0.1, 0.15) is 11.1 Å². The third-order valence-corrected chi connectivity index (χ3v) is 6.41. The lowest BCUT2D eigenvalue weighted by Gasteiger charge is -2.19. The summed E-state index contributed by atoms with van der Waals surface area (Å²) in [5.74, 6) is -0.490. The third-order valence-electron chi connectivity index (χ3n) is 4.21. The number of alkyl carbamates (subject to hydrolysis) is 1. The molecule has 0 aliphatic carbocycles. The average Bonchev–Trinajstić information content (AvgIpc) is 2.65. The summed E-state index contributed by atoms with van der Waals surface area (Å²) in [6.45, 7) is 7.15. The molecule has 0 aliphatic heterocycles. The van der Waals surface area contributed by atoms with Crippen molar-refractivity contribution in [1.29, 1.82) is 0 Å². The largest absolute Gasteiger partial charge is 0.459 e. The topological polar surface area (TPSA) is 64.6 Å². The van der Waals surface area contributed by atoms with Crippen LogP contribution >= 0.6 is 15.9 Å². The molecule has 0 radical (unpaired) electrons. The smallest absolute Gasteiger partial charge is 0.407 e. The molecule has 0 saturated carbocycles. The summed E-state index contributed by atoms with van der Waals surface area (Å²) >= 11 is 3.43. The molecule has 0 unspecified atom stereocenters. The number of ether oxygens (including phenoxy) is 2. The van der Waals surface area contributed by atoms with Gasteiger partial charge in [0.05, 0.1) is 6.61 Å². The van der Waals surface area contributed by atoms with Gasteiger partial charge in [-0.05, 0) is 29.3 Å². The van der Waals surface area contributed by atoms with Gasteiger partial charge in [-0.25, -0.2) is 9.59 Å². The fourth-order valence-corrected chi connectivity index (χ4v) is 3.72. The lowest BCUT2D eigenvalue weighted by Crippen LogP contribution is -2.43. The van der Waals surface area contributed by atoms with E-state index >= 15 is 0 Å². The first kappa shape index (κ1) is 23.2. The van der Waals surface area contributed by atoms with Crippen molar-refractivity contribution in [3.63, 3.8) is 0 Å². The summed E-state index contributed by atoms with van der Waals surface area (Å²) in [7, 11) is -1.31. The molecule has 2 rings (SSSR count). The highest BCUT2D eigenvalue weighted by Gasteiger charge is 2.24. The fraction of sp³-hybridized carbons (Fsp3) is 0.364. The van der Waals surface area contributed by atoms with E-state index in [-0.39, 0.29) is 6.61 Å². The summed E-state index contributed by atoms with van der Waals surface area (Å²) in [5.41, 5.74) is 1.79. The highest BCUT2D eigenvalue weighted by Crippen LogP contribution is 2.14. The van der Waals surface area contributed by atoms with Crippen LogP contribution in [-0.2, 0) is 27.3 Å². The molecular formula is C22H28BrNO4Si. The van der Waals surface area contributed by atoms with Crippen LogP contribution in [0.2, 0.25) is 25.7 Å². The number of carbonyl (C=O) groups is 2. The Morgan fingerprint density at radius 3 is 2.34 bits per heavy atom. The Bertz CT molecular complexity index is 808. The molecule has 0 heterocycles. The van der Waals surface area contributed by atoms with E-state index in [0.717, 1.165) is 21.6 Å². The van der Waals surface area contributed by atoms with Crippen molar-refractivity contribution in [2.45, 2.75) is 44.8 Å². The number of hydrogen-bond acceptors (Lipinski definition) is 4. The fourth-order valence-electron chi connectivity index (χ4n) is 2.56. The van der Waals surface area contributed by atoms with Gasteiger partial charge in [-0.1, -0.05) is 78.0 Å². The highest BCUT2D eigenvalue weighted by atomic mass is 79.9. The number of carbonyl (C=O) groups excluding carboxylic acids is 2. The van der Waals surface area contributed by atoms with E-state index in [2.05, 4.69) is 40.9 Å². The van der Waals surface area contributed by atoms with Gasteiger partial charge in [0.2, 0.25) is 0 Å². The van der Waals surface area contributed by atoms with E-state index < -0.39 is 26.2 Å². The summed E-state index contributed by atoms with van der Waals surface area (Å²) in [4.78, 5) is 24.9. The zero-order valence-corrected chi connectivity index (χ0v) is 19.7. The number of esters is 1. The Kier molecular flexibility index (Phi) is 8.91. The van der Waals surface area contributed by atoms with Gasteiger partial charge in [0.25, 0.3) is 0 Å². The van der Waals surface area contributed by atoms with Crippen molar-refractivity contribution < 1.29 is 19.1 Å². The molecule has 2 aromatic carbocycles. The Hall–Kier alpha value is -2.12. The van der Waals surface area contributed by atoms with Crippen molar-refractivity contribution in [3.8, 4) is 0 Å². The van der Waals surface area contributed by atoms with Crippen molar-refractivity contribution in [1.82, 2.24) is 5.32 Å². The Labute approximate surface area is 181 Å². The number of amides is 1. The van der Waals surface area contributed by atoms with Gasteiger partial charge in [-0.2, -0.15) is 0 Å². The Morgan fingerprint density at radius 2 is 1.69 bits per heavy atom. The molecule has 0 bridgehead atoms. The average molecular weight is 478 g/mol. The second-order valence-electron chi connectivity index (χ2n) is 8.07. The van der Waals surface area contributed by atoms with E-state index in [1.807, 2.05) is 54.6 Å². The lowest BCUT2D eigenvalue weighted by molar-refractivity contribution is -0.147. The molecule has 156 valence electrons. The highest BCUT2D eigenvalue weighted by molar-refractivity contribution is 9.10. The SMILES string of the molecule is C[Si](C)(C)CCOC(=O)N[C@@H](Cc1cccc(Br)c1)C(=O)OCc1ccccc1. The predicted octanol–water partition coefficient (Wildman–Crippen LogP) is 5.17. The maximum absolute atomic E-state index is 12.7. The summed E-state index contributed by atoms with van der Waals surface area (Å²) in [6, 6.07) is 17.1. The van der Waals surface area contributed by atoms with Gasteiger partial charge in [-0.15, -0.1) is 0 Å². The standard InChI is InChI=1S/C22H28BrNO4Si/c1-29(2,3)13-12-27-22(26)24-20(15-18-10-7-11-19(23)14-18)21(25)28-16-17-8-5-4-6-9-17/h4-11,14,20H,12-13,15-16H2,1-3H3,(H,24,26)/t20-/m0/s1. The predicted molar refractivity (Wildman–Crippen MR) is 121 cm³/mol. The van der Waals surface area contributed by atoms with Crippen molar-refractivity contribution >= 4 is 36.1 Å². The van der Waals surface area contributed by atoms with Crippen LogP contribution in [0, 0.1) is 0 Å². The molecule has 7 heteroatoms. The van der Waals surface area contributed by atoms with Gasteiger partial charge >= 0.3 is 12.1 Å². The molecule has 1 amide bonds. The summed E-state index contributed by atoms with van der Waals surface area (Å²) in [6.07, 6.45) is -0.282. The number of nitrogens with one attached hydrogen (secondary N) is 1. The van der Waals surface area contributed by atoms with Crippen molar-refractivity contribution in [2.75, 3.05) is 6.61 Å². The van der Waals surface area contributed by atoms with Crippen LogP contribution in [0.4, 0.5) is 4.79 Å². The zero-order chi connectivity index (χ0) is 21.3. The molecular weight excluding hydrogens is 450 g/mol. The Balaban J connectivity index is 1.99. The number of benzene rings is 2. The summed E-state index contributed by atoms with van der Waals surface area (Å²) in [5, 5.41) is 2.67. The van der Waals surface area contributed by atoms with Gasteiger partial charge in [0.1, 0.15) is 12.6 Å². The van der Waals surface area contributed by atoms with E-state index in [0.29, 0.717) is 13.0 Å². The lowest BCUT2D eigenvalue weighted by atomic mass is 10.1. The minimum Gasteiger partial charge on any atom is -0.459 e. The molecule has 1 N–H and O–H groups in total.